The van der Waals surface area contributed by atoms with E-state index >= 15 is 0 Å². The van der Waals surface area contributed by atoms with Crippen molar-refractivity contribution in [1.29, 1.82) is 0 Å². The molecule has 0 aromatic heterocycles. The van der Waals surface area contributed by atoms with Crippen LogP contribution in [0.15, 0.2) is 24.3 Å². The molecule has 2 unspecified atom stereocenters. The largest absolute Gasteiger partial charge is 0.491 e. The molecule has 0 amide bonds. The van der Waals surface area contributed by atoms with Gasteiger partial charge >= 0.3 is 0 Å². The van der Waals surface area contributed by atoms with E-state index in [1.54, 1.807) is 0 Å². The summed E-state index contributed by atoms with van der Waals surface area (Å²) in [6.45, 7) is 13.7. The smallest absolute Gasteiger partial charge is 0.172 e. The molecule has 3 aliphatic rings. The Labute approximate surface area is 174 Å². The summed E-state index contributed by atoms with van der Waals surface area (Å²) in [6, 6.07) is 8.25. The van der Waals surface area contributed by atoms with Gasteiger partial charge in [0.25, 0.3) is 0 Å². The predicted octanol–water partition coefficient (Wildman–Crippen LogP) is 3.72. The number of hydrogen-bond donors (Lipinski definition) is 0. The average molecular weight is 406 g/mol. The molecule has 1 aromatic carbocycles. The Morgan fingerprint density at radius 2 is 1.69 bits per heavy atom. The van der Waals surface area contributed by atoms with E-state index in [4.69, 9.17) is 23.8 Å². The Balaban J connectivity index is 1.31. The summed E-state index contributed by atoms with van der Waals surface area (Å²) >= 11 is 0. The van der Waals surface area contributed by atoms with Gasteiger partial charge in [0.05, 0.1) is 25.9 Å². The SMILES string of the molecule is CC1COC2(CC(C)(C)N(OCCc3ccc(OCC4CO4)cc3)C(C)(C)C2)O1. The van der Waals surface area contributed by atoms with E-state index in [1.165, 1.54) is 5.56 Å². The van der Waals surface area contributed by atoms with Gasteiger partial charge in [-0.2, -0.15) is 5.06 Å². The highest BCUT2D eigenvalue weighted by molar-refractivity contribution is 5.27. The first kappa shape index (κ1) is 21.1. The summed E-state index contributed by atoms with van der Waals surface area (Å²) in [6.07, 6.45) is 2.87. The standard InChI is InChI=1S/C23H35NO5/c1-17-12-27-23(29-17)15-21(2,3)24(22(4,5)16-23)28-11-10-18-6-8-19(9-7-18)25-13-20-14-26-20/h6-9,17,20H,10-16H2,1-5H3. The van der Waals surface area contributed by atoms with Crippen molar-refractivity contribution < 1.29 is 23.8 Å². The predicted molar refractivity (Wildman–Crippen MR) is 110 cm³/mol. The van der Waals surface area contributed by atoms with E-state index in [0.29, 0.717) is 19.8 Å². The number of benzene rings is 1. The van der Waals surface area contributed by atoms with Crippen LogP contribution in [0, 0.1) is 0 Å². The number of rotatable bonds is 7. The highest BCUT2D eigenvalue weighted by Gasteiger charge is 2.57. The summed E-state index contributed by atoms with van der Waals surface area (Å²) in [5, 5.41) is 2.16. The van der Waals surface area contributed by atoms with E-state index in [2.05, 4.69) is 51.8 Å². The van der Waals surface area contributed by atoms with Gasteiger partial charge in [0.1, 0.15) is 18.5 Å². The van der Waals surface area contributed by atoms with Gasteiger partial charge in [-0.1, -0.05) is 12.1 Å². The van der Waals surface area contributed by atoms with Crippen molar-refractivity contribution in [2.45, 2.75) is 83.0 Å². The minimum Gasteiger partial charge on any atom is -0.491 e. The van der Waals surface area contributed by atoms with Crippen molar-refractivity contribution in [3.63, 3.8) is 0 Å². The van der Waals surface area contributed by atoms with Crippen LogP contribution in [0.2, 0.25) is 0 Å². The Kier molecular flexibility index (Phi) is 5.68. The second-order valence-corrected chi connectivity index (χ2v) is 9.92. The van der Waals surface area contributed by atoms with Crippen LogP contribution in [-0.2, 0) is 25.5 Å². The van der Waals surface area contributed by atoms with Crippen LogP contribution < -0.4 is 4.74 Å². The molecule has 3 fully saturated rings. The number of hydroxylamine groups is 2. The van der Waals surface area contributed by atoms with Crippen molar-refractivity contribution in [2.24, 2.45) is 0 Å². The maximum Gasteiger partial charge on any atom is 0.172 e. The zero-order valence-corrected chi connectivity index (χ0v) is 18.4. The normalized spacial score (nSPS) is 29.8. The molecule has 6 nitrogen and oxygen atoms in total. The zero-order chi connectivity index (χ0) is 20.7. The first-order valence-corrected chi connectivity index (χ1v) is 10.8. The molecule has 2 atom stereocenters. The number of hydrogen-bond acceptors (Lipinski definition) is 6. The molecule has 0 saturated carbocycles. The van der Waals surface area contributed by atoms with Gasteiger partial charge in [0.2, 0.25) is 0 Å². The molecule has 29 heavy (non-hydrogen) atoms. The quantitative estimate of drug-likeness (QED) is 0.645. The Morgan fingerprint density at radius 3 is 2.24 bits per heavy atom. The molecule has 4 rings (SSSR count). The van der Waals surface area contributed by atoms with E-state index < -0.39 is 5.79 Å². The van der Waals surface area contributed by atoms with Crippen LogP contribution in [0.4, 0.5) is 0 Å². The third-order valence-corrected chi connectivity index (χ3v) is 5.87. The lowest BCUT2D eigenvalue weighted by atomic mass is 9.78. The maximum atomic E-state index is 6.34. The minimum atomic E-state index is -0.492. The molecule has 0 N–H and O–H groups in total. The van der Waals surface area contributed by atoms with E-state index in [0.717, 1.165) is 31.6 Å². The summed E-state index contributed by atoms with van der Waals surface area (Å²) in [5.74, 6) is 0.396. The van der Waals surface area contributed by atoms with Crippen LogP contribution in [0.1, 0.15) is 53.0 Å². The van der Waals surface area contributed by atoms with Crippen LogP contribution in [0.3, 0.4) is 0 Å². The fraction of sp³-hybridized carbons (Fsp3) is 0.739. The van der Waals surface area contributed by atoms with Crippen molar-refractivity contribution in [1.82, 2.24) is 5.06 Å². The lowest BCUT2D eigenvalue weighted by molar-refractivity contribution is -0.336. The summed E-state index contributed by atoms with van der Waals surface area (Å²) < 4.78 is 23.2. The average Bonchev–Trinajstić information content (AvgIpc) is 3.39. The molecule has 1 aromatic rings. The van der Waals surface area contributed by atoms with Gasteiger partial charge in [-0.05, 0) is 58.7 Å². The molecule has 3 saturated heterocycles. The number of ether oxygens (including phenoxy) is 4. The molecule has 3 aliphatic heterocycles. The third kappa shape index (κ3) is 4.94. The highest BCUT2D eigenvalue weighted by Crippen LogP contribution is 2.48. The van der Waals surface area contributed by atoms with Gasteiger partial charge in [-0.25, -0.2) is 0 Å². The molecule has 0 radical (unpaired) electrons. The molecule has 6 heteroatoms. The van der Waals surface area contributed by atoms with Crippen molar-refractivity contribution >= 4 is 0 Å². The third-order valence-electron chi connectivity index (χ3n) is 5.87. The molecular formula is C23H35NO5. The second-order valence-electron chi connectivity index (χ2n) is 9.92. The zero-order valence-electron chi connectivity index (χ0n) is 18.4. The number of epoxide rings is 1. The molecule has 3 heterocycles. The lowest BCUT2D eigenvalue weighted by Crippen LogP contribution is -2.65. The fourth-order valence-electron chi connectivity index (χ4n) is 4.94. The monoisotopic (exact) mass is 405 g/mol. The van der Waals surface area contributed by atoms with Gasteiger partial charge < -0.3 is 18.9 Å². The first-order chi connectivity index (χ1) is 13.7. The lowest BCUT2D eigenvalue weighted by Gasteiger charge is -2.56. The van der Waals surface area contributed by atoms with E-state index in [-0.39, 0.29) is 23.3 Å². The minimum absolute atomic E-state index is 0.151. The Bertz CT molecular complexity index is 680. The van der Waals surface area contributed by atoms with Crippen molar-refractivity contribution in [3.05, 3.63) is 29.8 Å². The molecule has 0 aliphatic carbocycles. The van der Waals surface area contributed by atoms with Gasteiger partial charge in [0.15, 0.2) is 5.79 Å². The molecule has 0 bridgehead atoms. The molecule has 1 spiro atoms. The number of nitrogens with zero attached hydrogens (tertiary/aromatic N) is 1. The maximum absolute atomic E-state index is 6.34. The summed E-state index contributed by atoms with van der Waals surface area (Å²) in [7, 11) is 0. The second kappa shape index (κ2) is 7.82. The first-order valence-electron chi connectivity index (χ1n) is 10.8. The van der Waals surface area contributed by atoms with Crippen LogP contribution in [0.5, 0.6) is 5.75 Å². The molecule has 162 valence electrons. The van der Waals surface area contributed by atoms with Gasteiger partial charge in [-0.3, -0.25) is 4.84 Å². The van der Waals surface area contributed by atoms with Crippen molar-refractivity contribution in [2.75, 3.05) is 26.4 Å². The Morgan fingerprint density at radius 1 is 1.03 bits per heavy atom. The Hall–Kier alpha value is -1.18. The van der Waals surface area contributed by atoms with Crippen LogP contribution >= 0.6 is 0 Å². The van der Waals surface area contributed by atoms with Crippen molar-refractivity contribution in [3.8, 4) is 5.75 Å². The van der Waals surface area contributed by atoms with Crippen LogP contribution in [0.25, 0.3) is 0 Å². The van der Waals surface area contributed by atoms with E-state index in [9.17, 15) is 0 Å². The van der Waals surface area contributed by atoms with Gasteiger partial charge in [-0.15, -0.1) is 0 Å². The summed E-state index contributed by atoms with van der Waals surface area (Å²) in [5.41, 5.74) is 0.864. The van der Waals surface area contributed by atoms with Crippen LogP contribution in [-0.4, -0.2) is 60.6 Å². The number of piperidine rings is 1. The summed E-state index contributed by atoms with van der Waals surface area (Å²) in [4.78, 5) is 6.34. The molecular weight excluding hydrogens is 370 g/mol. The van der Waals surface area contributed by atoms with Gasteiger partial charge in [0, 0.05) is 23.9 Å². The fourth-order valence-corrected chi connectivity index (χ4v) is 4.94. The topological polar surface area (TPSA) is 52.7 Å². The highest BCUT2D eigenvalue weighted by atomic mass is 16.7. The van der Waals surface area contributed by atoms with E-state index in [1.807, 2.05) is 12.1 Å².